The lowest BCUT2D eigenvalue weighted by Crippen LogP contribution is -2.42. The lowest BCUT2D eigenvalue weighted by atomic mass is 9.88. The Kier molecular flexibility index (Phi) is 3.92. The summed E-state index contributed by atoms with van der Waals surface area (Å²) in [7, 11) is 0. The predicted octanol–water partition coefficient (Wildman–Crippen LogP) is 2.73. The van der Waals surface area contributed by atoms with Crippen molar-refractivity contribution in [3.63, 3.8) is 0 Å². The van der Waals surface area contributed by atoms with Gasteiger partial charge in [0.25, 0.3) is 0 Å². The fraction of sp³-hybridized carbons (Fsp3) is 1.00. The first-order chi connectivity index (χ1) is 7.18. The zero-order valence-corrected chi connectivity index (χ0v) is 10.7. The first-order valence-electron chi connectivity index (χ1n) is 6.35. The summed E-state index contributed by atoms with van der Waals surface area (Å²) in [5.41, 5.74) is 0. The third-order valence-corrected chi connectivity index (χ3v) is 4.50. The van der Waals surface area contributed by atoms with E-state index in [1.165, 1.54) is 38.8 Å². The Morgan fingerprint density at radius 2 is 1.73 bits per heavy atom. The summed E-state index contributed by atoms with van der Waals surface area (Å²) in [6.45, 7) is 8.22. The Labute approximate surface area is 98.7 Å². The van der Waals surface area contributed by atoms with Crippen LogP contribution >= 0.6 is 11.8 Å². The number of piperidine rings is 1. The third kappa shape index (κ3) is 2.66. The standard InChI is InChI=1S/C12H23ClN2/c1-10(2)14-8-5-11(6-9-14)12-4-3-7-15(12)13/h10-12H,3-9H2,1-2H3. The van der Waals surface area contributed by atoms with E-state index in [0.29, 0.717) is 12.1 Å². The lowest BCUT2D eigenvalue weighted by molar-refractivity contribution is 0.120. The molecule has 2 aliphatic heterocycles. The molecule has 2 fully saturated rings. The van der Waals surface area contributed by atoms with Crippen LogP contribution in [0.15, 0.2) is 0 Å². The normalized spacial score (nSPS) is 31.6. The summed E-state index contributed by atoms with van der Waals surface area (Å²) >= 11 is 6.23. The molecular weight excluding hydrogens is 208 g/mol. The van der Waals surface area contributed by atoms with Gasteiger partial charge >= 0.3 is 0 Å². The van der Waals surface area contributed by atoms with Crippen LogP contribution in [0, 0.1) is 5.92 Å². The molecule has 0 spiro atoms. The number of hydrogen-bond donors (Lipinski definition) is 0. The van der Waals surface area contributed by atoms with Crippen molar-refractivity contribution in [2.24, 2.45) is 5.92 Å². The largest absolute Gasteiger partial charge is 0.301 e. The van der Waals surface area contributed by atoms with Crippen LogP contribution in [0.25, 0.3) is 0 Å². The minimum Gasteiger partial charge on any atom is -0.301 e. The van der Waals surface area contributed by atoms with Crippen molar-refractivity contribution in [3.8, 4) is 0 Å². The van der Waals surface area contributed by atoms with Crippen LogP contribution in [0.4, 0.5) is 0 Å². The minimum absolute atomic E-state index is 0.668. The van der Waals surface area contributed by atoms with Crippen molar-refractivity contribution in [2.45, 2.75) is 51.6 Å². The summed E-state index contributed by atoms with van der Waals surface area (Å²) in [4.78, 5) is 2.59. The fourth-order valence-electron chi connectivity index (χ4n) is 3.04. The molecule has 0 N–H and O–H groups in total. The quantitative estimate of drug-likeness (QED) is 0.674. The van der Waals surface area contributed by atoms with Gasteiger partial charge < -0.3 is 4.90 Å². The summed E-state index contributed by atoms with van der Waals surface area (Å²) in [5, 5.41) is 0. The molecule has 3 heteroatoms. The van der Waals surface area contributed by atoms with E-state index >= 15 is 0 Å². The van der Waals surface area contributed by atoms with E-state index in [0.717, 1.165) is 12.5 Å². The molecule has 1 atom stereocenters. The lowest BCUT2D eigenvalue weighted by Gasteiger charge is -2.38. The highest BCUT2D eigenvalue weighted by Gasteiger charge is 2.33. The number of rotatable bonds is 2. The minimum atomic E-state index is 0.668. The zero-order valence-electron chi connectivity index (χ0n) is 9.95. The van der Waals surface area contributed by atoms with Crippen LogP contribution in [0.2, 0.25) is 0 Å². The van der Waals surface area contributed by atoms with Gasteiger partial charge in [0.05, 0.1) is 0 Å². The molecule has 2 rings (SSSR count). The summed E-state index contributed by atoms with van der Waals surface area (Å²) in [5.74, 6) is 0.847. The molecule has 2 aliphatic rings. The highest BCUT2D eigenvalue weighted by molar-refractivity contribution is 6.13. The van der Waals surface area contributed by atoms with Crippen LogP contribution in [0.5, 0.6) is 0 Å². The zero-order chi connectivity index (χ0) is 10.8. The maximum absolute atomic E-state index is 6.23. The Bertz CT molecular complexity index is 200. The second-order valence-corrected chi connectivity index (χ2v) is 5.73. The molecule has 2 nitrogen and oxygen atoms in total. The predicted molar refractivity (Wildman–Crippen MR) is 65.0 cm³/mol. The van der Waals surface area contributed by atoms with Gasteiger partial charge in [-0.2, -0.15) is 0 Å². The maximum Gasteiger partial charge on any atom is 0.0281 e. The first-order valence-corrected chi connectivity index (χ1v) is 6.68. The highest BCUT2D eigenvalue weighted by atomic mass is 35.5. The molecule has 0 radical (unpaired) electrons. The summed E-state index contributed by atoms with van der Waals surface area (Å²) in [6.07, 6.45) is 5.28. The molecule has 0 aromatic heterocycles. The molecule has 88 valence electrons. The van der Waals surface area contributed by atoms with Crippen molar-refractivity contribution < 1.29 is 0 Å². The second-order valence-electron chi connectivity index (χ2n) is 5.30. The van der Waals surface area contributed by atoms with Gasteiger partial charge in [-0.3, -0.25) is 0 Å². The number of halogens is 1. The van der Waals surface area contributed by atoms with Gasteiger partial charge in [0.2, 0.25) is 0 Å². The van der Waals surface area contributed by atoms with E-state index < -0.39 is 0 Å². The molecule has 0 bridgehead atoms. The maximum atomic E-state index is 6.23. The van der Waals surface area contributed by atoms with Gasteiger partial charge in [0, 0.05) is 18.6 Å². The average Bonchev–Trinajstić information content (AvgIpc) is 2.65. The Morgan fingerprint density at radius 3 is 2.20 bits per heavy atom. The van der Waals surface area contributed by atoms with Gasteiger partial charge in [0.1, 0.15) is 0 Å². The van der Waals surface area contributed by atoms with E-state index in [1.807, 2.05) is 0 Å². The third-order valence-electron chi connectivity index (χ3n) is 4.08. The van der Waals surface area contributed by atoms with E-state index in [2.05, 4.69) is 23.2 Å². The van der Waals surface area contributed by atoms with Crippen molar-refractivity contribution in [2.75, 3.05) is 19.6 Å². The smallest absolute Gasteiger partial charge is 0.0281 e. The van der Waals surface area contributed by atoms with Crippen LogP contribution in [-0.4, -0.2) is 41.0 Å². The molecular formula is C12H23ClN2. The van der Waals surface area contributed by atoms with E-state index in [4.69, 9.17) is 11.8 Å². The molecule has 0 aliphatic carbocycles. The Morgan fingerprint density at radius 1 is 1.07 bits per heavy atom. The summed E-state index contributed by atoms with van der Waals surface area (Å²) < 4.78 is 2.07. The van der Waals surface area contributed by atoms with Crippen LogP contribution in [0.1, 0.15) is 39.5 Å². The molecule has 15 heavy (non-hydrogen) atoms. The van der Waals surface area contributed by atoms with Crippen molar-refractivity contribution in [3.05, 3.63) is 0 Å². The van der Waals surface area contributed by atoms with Crippen LogP contribution < -0.4 is 0 Å². The van der Waals surface area contributed by atoms with Gasteiger partial charge in [-0.15, -0.1) is 0 Å². The van der Waals surface area contributed by atoms with Gasteiger partial charge in [-0.25, -0.2) is 4.42 Å². The molecule has 2 heterocycles. The molecule has 0 saturated carbocycles. The van der Waals surface area contributed by atoms with Gasteiger partial charge in [-0.1, -0.05) is 0 Å². The molecule has 1 unspecified atom stereocenters. The SMILES string of the molecule is CC(C)N1CCC(C2CCCN2Cl)CC1. The van der Waals surface area contributed by atoms with Crippen molar-refractivity contribution >= 4 is 11.8 Å². The monoisotopic (exact) mass is 230 g/mol. The van der Waals surface area contributed by atoms with Crippen molar-refractivity contribution in [1.82, 2.24) is 9.32 Å². The number of likely N-dealkylation sites (tertiary alicyclic amines) is 1. The topological polar surface area (TPSA) is 6.48 Å². The Hall–Kier alpha value is 0.210. The van der Waals surface area contributed by atoms with Gasteiger partial charge in [0.15, 0.2) is 0 Å². The number of nitrogens with zero attached hydrogens (tertiary/aromatic N) is 2. The van der Waals surface area contributed by atoms with Crippen molar-refractivity contribution in [1.29, 1.82) is 0 Å². The highest BCUT2D eigenvalue weighted by Crippen LogP contribution is 2.32. The fourth-order valence-corrected chi connectivity index (χ4v) is 3.42. The first kappa shape index (κ1) is 11.7. The average molecular weight is 231 g/mol. The van der Waals surface area contributed by atoms with E-state index in [9.17, 15) is 0 Å². The van der Waals surface area contributed by atoms with Crippen LogP contribution in [-0.2, 0) is 0 Å². The molecule has 2 saturated heterocycles. The summed E-state index contributed by atoms with van der Waals surface area (Å²) in [6, 6.07) is 1.38. The van der Waals surface area contributed by atoms with Crippen LogP contribution in [0.3, 0.4) is 0 Å². The second kappa shape index (κ2) is 5.03. The van der Waals surface area contributed by atoms with E-state index in [-0.39, 0.29) is 0 Å². The number of hydrogen-bond acceptors (Lipinski definition) is 2. The molecule has 0 amide bonds. The molecule has 0 aromatic rings. The van der Waals surface area contributed by atoms with Gasteiger partial charge in [-0.05, 0) is 70.3 Å². The molecule has 0 aromatic carbocycles. The van der Waals surface area contributed by atoms with E-state index in [1.54, 1.807) is 0 Å². The Balaban J connectivity index is 1.82.